The third-order valence-corrected chi connectivity index (χ3v) is 3.20. The standard InChI is InChI=1S/C16H19N3O2/c1-9-5-6-13(21-4)12(7-9)19-16-14(15(17)20)10(2)8-11(3)18-16/h5-8H,1-4H3,(H2,17,20)(H,18,19). The molecule has 1 amide bonds. The number of primary amides is 1. The number of methoxy groups -OCH3 is 1. The van der Waals surface area contributed by atoms with Gasteiger partial charge in [-0.2, -0.15) is 0 Å². The molecule has 3 N–H and O–H groups in total. The van der Waals surface area contributed by atoms with E-state index in [2.05, 4.69) is 10.3 Å². The maximum Gasteiger partial charge on any atom is 0.252 e. The molecule has 0 aliphatic rings. The lowest BCUT2D eigenvalue weighted by Gasteiger charge is -2.15. The highest BCUT2D eigenvalue weighted by Gasteiger charge is 2.15. The first-order valence-electron chi connectivity index (χ1n) is 6.62. The van der Waals surface area contributed by atoms with Crippen molar-refractivity contribution in [3.63, 3.8) is 0 Å². The molecule has 1 heterocycles. The number of carbonyl (C=O) groups excluding carboxylic acids is 1. The van der Waals surface area contributed by atoms with Gasteiger partial charge >= 0.3 is 0 Å². The number of nitrogens with two attached hydrogens (primary N) is 1. The molecular formula is C16H19N3O2. The van der Waals surface area contributed by atoms with Gasteiger partial charge in [0.1, 0.15) is 11.6 Å². The van der Waals surface area contributed by atoms with E-state index in [1.54, 1.807) is 7.11 Å². The first-order valence-corrected chi connectivity index (χ1v) is 6.62. The van der Waals surface area contributed by atoms with E-state index < -0.39 is 5.91 Å². The van der Waals surface area contributed by atoms with E-state index in [0.29, 0.717) is 17.1 Å². The lowest BCUT2D eigenvalue weighted by Crippen LogP contribution is -2.16. The fourth-order valence-corrected chi connectivity index (χ4v) is 2.29. The summed E-state index contributed by atoms with van der Waals surface area (Å²) in [5.74, 6) is 0.620. The Bertz CT molecular complexity index is 696. The second kappa shape index (κ2) is 5.83. The predicted octanol–water partition coefficient (Wildman–Crippen LogP) is 2.86. The molecule has 0 saturated carbocycles. The summed E-state index contributed by atoms with van der Waals surface area (Å²) in [5.41, 5.74) is 9.29. The molecule has 0 unspecified atom stereocenters. The van der Waals surface area contributed by atoms with E-state index >= 15 is 0 Å². The van der Waals surface area contributed by atoms with E-state index in [1.807, 2.05) is 45.0 Å². The van der Waals surface area contributed by atoms with Gasteiger partial charge in [0.05, 0.1) is 18.4 Å². The Morgan fingerprint density at radius 3 is 2.57 bits per heavy atom. The fraction of sp³-hybridized carbons (Fsp3) is 0.250. The van der Waals surface area contributed by atoms with Gasteiger partial charge in [-0.25, -0.2) is 4.98 Å². The van der Waals surface area contributed by atoms with E-state index in [9.17, 15) is 4.79 Å². The van der Waals surface area contributed by atoms with Gasteiger partial charge in [0.2, 0.25) is 0 Å². The van der Waals surface area contributed by atoms with Crippen LogP contribution in [0, 0.1) is 20.8 Å². The van der Waals surface area contributed by atoms with Crippen LogP contribution in [-0.2, 0) is 0 Å². The number of nitrogens with one attached hydrogen (secondary N) is 1. The summed E-state index contributed by atoms with van der Waals surface area (Å²) in [4.78, 5) is 16.1. The number of benzene rings is 1. The first kappa shape index (κ1) is 14.8. The number of aryl methyl sites for hydroxylation is 3. The van der Waals surface area contributed by atoms with Crippen LogP contribution in [0.4, 0.5) is 11.5 Å². The van der Waals surface area contributed by atoms with Crippen molar-refractivity contribution in [2.45, 2.75) is 20.8 Å². The molecule has 0 fully saturated rings. The minimum Gasteiger partial charge on any atom is -0.495 e. The normalized spacial score (nSPS) is 10.3. The summed E-state index contributed by atoms with van der Waals surface area (Å²) >= 11 is 0. The van der Waals surface area contributed by atoms with E-state index in [4.69, 9.17) is 10.5 Å². The highest BCUT2D eigenvalue weighted by molar-refractivity contribution is 5.99. The van der Waals surface area contributed by atoms with Crippen LogP contribution >= 0.6 is 0 Å². The van der Waals surface area contributed by atoms with Crippen molar-refractivity contribution in [3.8, 4) is 5.75 Å². The number of rotatable bonds is 4. The van der Waals surface area contributed by atoms with Crippen LogP contribution in [0.1, 0.15) is 27.2 Å². The van der Waals surface area contributed by atoms with Crippen molar-refractivity contribution < 1.29 is 9.53 Å². The largest absolute Gasteiger partial charge is 0.495 e. The maximum atomic E-state index is 11.7. The number of hydrogen-bond donors (Lipinski definition) is 2. The fourth-order valence-electron chi connectivity index (χ4n) is 2.29. The van der Waals surface area contributed by atoms with Gasteiger partial charge < -0.3 is 15.8 Å². The molecule has 0 spiro atoms. The molecule has 1 aromatic heterocycles. The van der Waals surface area contributed by atoms with Gasteiger partial charge in [0.15, 0.2) is 0 Å². The number of hydrogen-bond acceptors (Lipinski definition) is 4. The number of pyridine rings is 1. The Hall–Kier alpha value is -2.56. The van der Waals surface area contributed by atoms with Crippen molar-refractivity contribution in [2.75, 3.05) is 12.4 Å². The SMILES string of the molecule is COc1ccc(C)cc1Nc1nc(C)cc(C)c1C(N)=O. The summed E-state index contributed by atoms with van der Waals surface area (Å²) in [5, 5.41) is 3.16. The van der Waals surface area contributed by atoms with Gasteiger partial charge in [0.25, 0.3) is 5.91 Å². The van der Waals surface area contributed by atoms with E-state index in [1.165, 1.54) is 0 Å². The van der Waals surface area contributed by atoms with Crippen molar-refractivity contribution in [1.82, 2.24) is 4.98 Å². The van der Waals surface area contributed by atoms with Crippen LogP contribution in [0.15, 0.2) is 24.3 Å². The number of anilines is 2. The number of ether oxygens (including phenoxy) is 1. The van der Waals surface area contributed by atoms with Crippen LogP contribution in [0.2, 0.25) is 0 Å². The monoisotopic (exact) mass is 285 g/mol. The zero-order chi connectivity index (χ0) is 15.6. The molecule has 0 saturated heterocycles. The van der Waals surface area contributed by atoms with Crippen molar-refractivity contribution in [1.29, 1.82) is 0 Å². The third-order valence-electron chi connectivity index (χ3n) is 3.20. The van der Waals surface area contributed by atoms with E-state index in [-0.39, 0.29) is 0 Å². The van der Waals surface area contributed by atoms with Crippen molar-refractivity contribution in [2.24, 2.45) is 5.73 Å². The van der Waals surface area contributed by atoms with Crippen molar-refractivity contribution in [3.05, 3.63) is 46.6 Å². The molecule has 2 rings (SSSR count). The Balaban J connectivity index is 2.53. The number of aromatic nitrogens is 1. The van der Waals surface area contributed by atoms with Gasteiger partial charge in [-0.05, 0) is 50.1 Å². The molecule has 0 aliphatic carbocycles. The Labute approximate surface area is 124 Å². The minimum absolute atomic E-state index is 0.393. The van der Waals surface area contributed by atoms with Gasteiger partial charge in [-0.3, -0.25) is 4.79 Å². The van der Waals surface area contributed by atoms with Gasteiger partial charge in [-0.1, -0.05) is 6.07 Å². The second-order valence-electron chi connectivity index (χ2n) is 5.00. The number of amides is 1. The second-order valence-corrected chi connectivity index (χ2v) is 5.00. The predicted molar refractivity (Wildman–Crippen MR) is 83.2 cm³/mol. The molecular weight excluding hydrogens is 266 g/mol. The molecule has 5 nitrogen and oxygen atoms in total. The lowest BCUT2D eigenvalue weighted by atomic mass is 10.1. The summed E-state index contributed by atoms with van der Waals surface area (Å²) in [6, 6.07) is 7.58. The quantitative estimate of drug-likeness (QED) is 0.905. The van der Waals surface area contributed by atoms with Crippen LogP contribution in [0.25, 0.3) is 0 Å². The summed E-state index contributed by atoms with van der Waals surface area (Å²) in [7, 11) is 1.60. The number of carbonyl (C=O) groups is 1. The molecule has 110 valence electrons. The smallest absolute Gasteiger partial charge is 0.252 e. The highest BCUT2D eigenvalue weighted by Crippen LogP contribution is 2.30. The van der Waals surface area contributed by atoms with E-state index in [0.717, 1.165) is 22.5 Å². The zero-order valence-electron chi connectivity index (χ0n) is 12.7. The Kier molecular flexibility index (Phi) is 4.12. The van der Waals surface area contributed by atoms with Crippen molar-refractivity contribution >= 4 is 17.4 Å². The molecule has 2 aromatic rings. The average molecular weight is 285 g/mol. The Morgan fingerprint density at radius 2 is 1.95 bits per heavy atom. The van der Waals surface area contributed by atoms with Gasteiger partial charge in [-0.15, -0.1) is 0 Å². The van der Waals surface area contributed by atoms with Crippen LogP contribution in [0.5, 0.6) is 5.75 Å². The molecule has 0 bridgehead atoms. The first-order chi connectivity index (χ1) is 9.92. The summed E-state index contributed by atoms with van der Waals surface area (Å²) in [6.45, 7) is 5.69. The molecule has 0 aliphatic heterocycles. The average Bonchev–Trinajstić information content (AvgIpc) is 2.37. The molecule has 5 heteroatoms. The third kappa shape index (κ3) is 3.13. The maximum absolute atomic E-state index is 11.7. The lowest BCUT2D eigenvalue weighted by molar-refractivity contribution is 0.100. The Morgan fingerprint density at radius 1 is 1.24 bits per heavy atom. The van der Waals surface area contributed by atoms with Crippen LogP contribution in [-0.4, -0.2) is 18.0 Å². The molecule has 1 aromatic carbocycles. The topological polar surface area (TPSA) is 77.2 Å². The van der Waals surface area contributed by atoms with Crippen LogP contribution in [0.3, 0.4) is 0 Å². The minimum atomic E-state index is -0.505. The molecule has 0 atom stereocenters. The van der Waals surface area contributed by atoms with Gasteiger partial charge in [0, 0.05) is 5.69 Å². The molecule has 21 heavy (non-hydrogen) atoms. The highest BCUT2D eigenvalue weighted by atomic mass is 16.5. The number of nitrogens with zero attached hydrogens (tertiary/aromatic N) is 1. The zero-order valence-corrected chi connectivity index (χ0v) is 12.7. The van der Waals surface area contributed by atoms with Crippen LogP contribution < -0.4 is 15.8 Å². The molecule has 0 radical (unpaired) electrons. The summed E-state index contributed by atoms with van der Waals surface area (Å²) < 4.78 is 5.33. The summed E-state index contributed by atoms with van der Waals surface area (Å²) in [6.07, 6.45) is 0.